The van der Waals surface area contributed by atoms with E-state index in [-0.39, 0.29) is 11.6 Å². The van der Waals surface area contributed by atoms with E-state index in [1.54, 1.807) is 11.0 Å². The zero-order chi connectivity index (χ0) is 13.3. The first-order chi connectivity index (χ1) is 8.41. The molecule has 1 aromatic carbocycles. The van der Waals surface area contributed by atoms with Crippen LogP contribution in [-0.4, -0.2) is 19.6 Å². The molecule has 1 atom stereocenters. The molecule has 0 aliphatic carbocycles. The third-order valence-electron chi connectivity index (χ3n) is 3.22. The SMILES string of the molecule is NCC1CCN(c2ccc(Br)cc2C(F)(F)F)C1. The Kier molecular flexibility index (Phi) is 3.87. The van der Waals surface area contributed by atoms with Gasteiger partial charge in [-0.05, 0) is 37.1 Å². The third-order valence-corrected chi connectivity index (χ3v) is 3.72. The fraction of sp³-hybridized carbons (Fsp3) is 0.500. The molecule has 1 heterocycles. The molecule has 6 heteroatoms. The second-order valence-corrected chi connectivity index (χ2v) is 5.41. The normalized spacial score (nSPS) is 20.5. The van der Waals surface area contributed by atoms with Crippen LogP contribution >= 0.6 is 15.9 Å². The summed E-state index contributed by atoms with van der Waals surface area (Å²) in [5.74, 6) is 0.287. The van der Waals surface area contributed by atoms with E-state index in [0.717, 1.165) is 12.5 Å². The van der Waals surface area contributed by atoms with Crippen molar-refractivity contribution in [2.45, 2.75) is 12.6 Å². The van der Waals surface area contributed by atoms with E-state index in [9.17, 15) is 13.2 Å². The van der Waals surface area contributed by atoms with Gasteiger partial charge in [0.2, 0.25) is 0 Å². The third kappa shape index (κ3) is 2.80. The molecule has 2 rings (SSSR count). The molecular weight excluding hydrogens is 309 g/mol. The highest BCUT2D eigenvalue weighted by molar-refractivity contribution is 9.10. The van der Waals surface area contributed by atoms with Crippen molar-refractivity contribution in [1.82, 2.24) is 0 Å². The zero-order valence-electron chi connectivity index (χ0n) is 9.67. The number of halogens is 4. The monoisotopic (exact) mass is 322 g/mol. The van der Waals surface area contributed by atoms with Crippen molar-refractivity contribution in [3.05, 3.63) is 28.2 Å². The maximum absolute atomic E-state index is 13.0. The standard InChI is InChI=1S/C12H14BrF3N2/c13-9-1-2-11(10(5-9)12(14,15)16)18-4-3-8(6-17)7-18/h1-2,5,8H,3-4,6-7,17H2. The average molecular weight is 323 g/mol. The first kappa shape index (κ1) is 13.7. The van der Waals surface area contributed by atoms with Gasteiger partial charge in [-0.2, -0.15) is 13.2 Å². The molecule has 0 bridgehead atoms. The molecule has 2 nitrogen and oxygen atoms in total. The van der Waals surface area contributed by atoms with Crippen LogP contribution in [-0.2, 0) is 6.18 Å². The predicted octanol–water partition coefficient (Wildman–Crippen LogP) is 3.25. The van der Waals surface area contributed by atoms with E-state index in [1.807, 2.05) is 0 Å². The minimum atomic E-state index is -4.33. The maximum Gasteiger partial charge on any atom is 0.418 e. The van der Waals surface area contributed by atoms with Crippen molar-refractivity contribution in [1.29, 1.82) is 0 Å². The van der Waals surface area contributed by atoms with Gasteiger partial charge in [-0.25, -0.2) is 0 Å². The Morgan fingerprint density at radius 2 is 2.11 bits per heavy atom. The van der Waals surface area contributed by atoms with Gasteiger partial charge in [-0.15, -0.1) is 0 Å². The van der Waals surface area contributed by atoms with Gasteiger partial charge in [0, 0.05) is 23.2 Å². The molecule has 0 spiro atoms. The Labute approximate surface area is 112 Å². The van der Waals surface area contributed by atoms with Gasteiger partial charge in [-0.3, -0.25) is 0 Å². The van der Waals surface area contributed by atoms with Gasteiger partial charge >= 0.3 is 6.18 Å². The summed E-state index contributed by atoms with van der Waals surface area (Å²) in [6, 6.07) is 4.29. The largest absolute Gasteiger partial charge is 0.418 e. The number of hydrogen-bond donors (Lipinski definition) is 1. The van der Waals surface area contributed by atoms with E-state index in [0.29, 0.717) is 24.1 Å². The highest BCUT2D eigenvalue weighted by atomic mass is 79.9. The Bertz CT molecular complexity index is 434. The van der Waals surface area contributed by atoms with Crippen LogP contribution in [0.3, 0.4) is 0 Å². The molecule has 0 aromatic heterocycles. The molecular formula is C12H14BrF3N2. The highest BCUT2D eigenvalue weighted by Gasteiger charge is 2.36. The number of anilines is 1. The lowest BCUT2D eigenvalue weighted by Crippen LogP contribution is -2.25. The van der Waals surface area contributed by atoms with Gasteiger partial charge in [0.05, 0.1) is 5.56 Å². The number of benzene rings is 1. The number of hydrogen-bond acceptors (Lipinski definition) is 2. The van der Waals surface area contributed by atoms with Gasteiger partial charge in [-0.1, -0.05) is 15.9 Å². The lowest BCUT2D eigenvalue weighted by atomic mass is 10.1. The van der Waals surface area contributed by atoms with Crippen molar-refractivity contribution in [2.75, 3.05) is 24.5 Å². The average Bonchev–Trinajstić information content (AvgIpc) is 2.76. The summed E-state index contributed by atoms with van der Waals surface area (Å²) < 4.78 is 39.4. The van der Waals surface area contributed by atoms with Crippen LogP contribution in [0.15, 0.2) is 22.7 Å². The summed E-state index contributed by atoms with van der Waals surface area (Å²) >= 11 is 3.08. The van der Waals surface area contributed by atoms with Crippen molar-refractivity contribution in [2.24, 2.45) is 11.7 Å². The lowest BCUT2D eigenvalue weighted by Gasteiger charge is -2.23. The summed E-state index contributed by atoms with van der Waals surface area (Å²) in [4.78, 5) is 1.77. The second-order valence-electron chi connectivity index (χ2n) is 4.50. The smallest absolute Gasteiger partial charge is 0.371 e. The van der Waals surface area contributed by atoms with Gasteiger partial charge in [0.15, 0.2) is 0 Å². The lowest BCUT2D eigenvalue weighted by molar-refractivity contribution is -0.137. The van der Waals surface area contributed by atoms with E-state index in [2.05, 4.69) is 15.9 Å². The van der Waals surface area contributed by atoms with Crippen LogP contribution < -0.4 is 10.6 Å². The second kappa shape index (κ2) is 5.09. The number of rotatable bonds is 2. The Hall–Kier alpha value is -0.750. The van der Waals surface area contributed by atoms with E-state index in [4.69, 9.17) is 5.73 Å². The molecule has 1 aliphatic rings. The molecule has 1 aromatic rings. The topological polar surface area (TPSA) is 29.3 Å². The van der Waals surface area contributed by atoms with Gasteiger partial charge in [0.25, 0.3) is 0 Å². The Morgan fingerprint density at radius 3 is 2.67 bits per heavy atom. The van der Waals surface area contributed by atoms with Crippen LogP contribution in [0.4, 0.5) is 18.9 Å². The number of nitrogens with two attached hydrogens (primary N) is 1. The molecule has 2 N–H and O–H groups in total. The fourth-order valence-corrected chi connectivity index (χ4v) is 2.62. The minimum Gasteiger partial charge on any atom is -0.371 e. The number of alkyl halides is 3. The maximum atomic E-state index is 13.0. The molecule has 100 valence electrons. The minimum absolute atomic E-state index is 0.252. The molecule has 1 saturated heterocycles. The Morgan fingerprint density at radius 1 is 1.39 bits per heavy atom. The summed E-state index contributed by atoms with van der Waals surface area (Å²) in [5, 5.41) is 0. The molecule has 0 saturated carbocycles. The first-order valence-electron chi connectivity index (χ1n) is 5.73. The molecule has 1 unspecified atom stereocenters. The Balaban J connectivity index is 2.33. The summed E-state index contributed by atoms with van der Waals surface area (Å²) in [7, 11) is 0. The molecule has 1 aliphatic heterocycles. The van der Waals surface area contributed by atoms with Crippen LogP contribution in [0, 0.1) is 5.92 Å². The molecule has 1 fully saturated rings. The van der Waals surface area contributed by atoms with Crippen molar-refractivity contribution in [3.8, 4) is 0 Å². The first-order valence-corrected chi connectivity index (χ1v) is 6.53. The van der Waals surface area contributed by atoms with Crippen molar-refractivity contribution < 1.29 is 13.2 Å². The summed E-state index contributed by atoms with van der Waals surface area (Å²) in [6.07, 6.45) is -3.48. The van der Waals surface area contributed by atoms with Crippen molar-refractivity contribution in [3.63, 3.8) is 0 Å². The van der Waals surface area contributed by atoms with Crippen LogP contribution in [0.5, 0.6) is 0 Å². The fourth-order valence-electron chi connectivity index (χ4n) is 2.25. The predicted molar refractivity (Wildman–Crippen MR) is 68.5 cm³/mol. The summed E-state index contributed by atoms with van der Waals surface area (Å²) in [5.41, 5.74) is 5.23. The van der Waals surface area contributed by atoms with Crippen molar-refractivity contribution >= 4 is 21.6 Å². The zero-order valence-corrected chi connectivity index (χ0v) is 11.3. The van der Waals surface area contributed by atoms with Crippen LogP contribution in [0.25, 0.3) is 0 Å². The van der Waals surface area contributed by atoms with Gasteiger partial charge in [0.1, 0.15) is 0 Å². The van der Waals surface area contributed by atoms with Gasteiger partial charge < -0.3 is 10.6 Å². The highest BCUT2D eigenvalue weighted by Crippen LogP contribution is 2.39. The molecule has 0 radical (unpaired) electrons. The van der Waals surface area contributed by atoms with E-state index < -0.39 is 11.7 Å². The molecule has 0 amide bonds. The summed E-state index contributed by atoms with van der Waals surface area (Å²) in [6.45, 7) is 1.75. The van der Waals surface area contributed by atoms with Crippen LogP contribution in [0.1, 0.15) is 12.0 Å². The van der Waals surface area contributed by atoms with E-state index >= 15 is 0 Å². The van der Waals surface area contributed by atoms with E-state index in [1.165, 1.54) is 6.07 Å². The quantitative estimate of drug-likeness (QED) is 0.905. The molecule has 18 heavy (non-hydrogen) atoms. The van der Waals surface area contributed by atoms with Crippen LogP contribution in [0.2, 0.25) is 0 Å². The number of nitrogens with zero attached hydrogens (tertiary/aromatic N) is 1.